The summed E-state index contributed by atoms with van der Waals surface area (Å²) in [6.45, 7) is 3.33. The maximum Gasteiger partial charge on any atom is 0.427 e. The first-order valence-corrected chi connectivity index (χ1v) is 10.2. The molecule has 0 aliphatic carbocycles. The molecule has 0 fully saturated rings. The van der Waals surface area contributed by atoms with Gasteiger partial charge < -0.3 is 5.11 Å². The lowest BCUT2D eigenvalue weighted by Crippen LogP contribution is -2.45. The number of halogens is 5. The molecule has 2 heterocycles. The summed E-state index contributed by atoms with van der Waals surface area (Å²) in [4.78, 5) is 0. The zero-order valence-corrected chi connectivity index (χ0v) is 18.3. The minimum absolute atomic E-state index is 0.168. The largest absolute Gasteiger partial charge is 0.427 e. The fourth-order valence-electron chi connectivity index (χ4n) is 3.59. The van der Waals surface area contributed by atoms with Gasteiger partial charge in [0.25, 0.3) is 0 Å². The van der Waals surface area contributed by atoms with Gasteiger partial charge in [-0.1, -0.05) is 12.1 Å². The highest BCUT2D eigenvalue weighted by molar-refractivity contribution is 9.10. The molecule has 0 saturated heterocycles. The molecule has 33 heavy (non-hydrogen) atoms. The van der Waals surface area contributed by atoms with E-state index in [2.05, 4.69) is 32.7 Å². The van der Waals surface area contributed by atoms with Crippen molar-refractivity contribution in [3.05, 3.63) is 88.6 Å². The van der Waals surface area contributed by atoms with Crippen LogP contribution in [0.3, 0.4) is 0 Å². The normalized spacial score (nSPS) is 13.6. The number of alkyl halides is 3. The van der Waals surface area contributed by atoms with Gasteiger partial charge in [0.15, 0.2) is 5.69 Å². The molecule has 11 heteroatoms. The molecule has 0 radical (unpaired) electrons. The van der Waals surface area contributed by atoms with Gasteiger partial charge in [0.05, 0.1) is 34.1 Å². The molecular formula is C22H14BrF4N5O. The predicted molar refractivity (Wildman–Crippen MR) is 115 cm³/mol. The van der Waals surface area contributed by atoms with E-state index in [1.807, 2.05) is 0 Å². The Morgan fingerprint density at radius 1 is 1.18 bits per heavy atom. The van der Waals surface area contributed by atoms with Gasteiger partial charge >= 0.3 is 6.18 Å². The molecule has 2 aromatic carbocycles. The molecule has 0 bridgehead atoms. The summed E-state index contributed by atoms with van der Waals surface area (Å²) in [6, 6.07) is 10.8. The van der Waals surface area contributed by atoms with Gasteiger partial charge in [-0.05, 0) is 57.9 Å². The Labute approximate surface area is 193 Å². The molecule has 2 aromatic heterocycles. The highest BCUT2D eigenvalue weighted by Gasteiger charge is 2.59. The average molecular weight is 520 g/mol. The summed E-state index contributed by atoms with van der Waals surface area (Å²) in [5, 5.41) is 28.8. The van der Waals surface area contributed by atoms with Gasteiger partial charge in [-0.15, -0.1) is 6.58 Å². The molecule has 0 aliphatic rings. The SMILES string of the molecule is C=CCn1nc(C#N)c(Br)c1C(O)(c1ccc2c(cnn2-c2ccc(F)cc2)c1)C(F)(F)F. The second-order valence-corrected chi connectivity index (χ2v) is 7.90. The van der Waals surface area contributed by atoms with Crippen molar-refractivity contribution in [2.45, 2.75) is 18.3 Å². The summed E-state index contributed by atoms with van der Waals surface area (Å²) < 4.78 is 58.6. The fourth-order valence-corrected chi connectivity index (χ4v) is 4.25. The first kappa shape index (κ1) is 22.7. The van der Waals surface area contributed by atoms with Crippen molar-refractivity contribution in [2.75, 3.05) is 0 Å². The summed E-state index contributed by atoms with van der Waals surface area (Å²) in [6.07, 6.45) is -2.52. The van der Waals surface area contributed by atoms with Crippen LogP contribution >= 0.6 is 15.9 Å². The van der Waals surface area contributed by atoms with Gasteiger partial charge in [0, 0.05) is 5.39 Å². The second-order valence-electron chi connectivity index (χ2n) is 7.11. The van der Waals surface area contributed by atoms with Gasteiger partial charge in [-0.25, -0.2) is 9.07 Å². The van der Waals surface area contributed by atoms with Gasteiger partial charge in [-0.2, -0.15) is 28.6 Å². The number of rotatable bonds is 5. The molecule has 4 aromatic rings. The number of nitrogens with zero attached hydrogens (tertiary/aromatic N) is 5. The van der Waals surface area contributed by atoms with E-state index in [9.17, 15) is 27.9 Å². The standard InChI is InChI=1S/C22H14BrF4N5O/c1-2-9-31-20(19(23)17(11-28)30-31)21(33,22(25,26)27)14-3-8-18-13(10-14)12-29-32(18)16-6-4-15(24)5-7-16/h2-8,10,12,33H,1,9H2. The van der Waals surface area contributed by atoms with E-state index in [1.165, 1.54) is 53.4 Å². The summed E-state index contributed by atoms with van der Waals surface area (Å²) in [5.41, 5.74) is -3.97. The molecule has 6 nitrogen and oxygen atoms in total. The second kappa shape index (κ2) is 8.13. The van der Waals surface area contributed by atoms with E-state index in [4.69, 9.17) is 0 Å². The minimum atomic E-state index is -5.16. The van der Waals surface area contributed by atoms with Gasteiger partial charge in [0.2, 0.25) is 5.60 Å². The lowest BCUT2D eigenvalue weighted by atomic mass is 9.88. The topological polar surface area (TPSA) is 79.7 Å². The molecule has 0 spiro atoms. The van der Waals surface area contributed by atoms with Crippen LogP contribution < -0.4 is 0 Å². The predicted octanol–water partition coefficient (Wildman–Crippen LogP) is 4.98. The van der Waals surface area contributed by atoms with Crippen LogP contribution in [0.25, 0.3) is 16.6 Å². The molecule has 0 amide bonds. The Balaban J connectivity index is 1.93. The molecular weight excluding hydrogens is 506 g/mol. The van der Waals surface area contributed by atoms with Crippen molar-refractivity contribution in [3.63, 3.8) is 0 Å². The number of allylic oxidation sites excluding steroid dienone is 1. The number of nitriles is 1. The number of fused-ring (bicyclic) bond motifs is 1. The Hall–Kier alpha value is -3.49. The quantitative estimate of drug-likeness (QED) is 0.298. The van der Waals surface area contributed by atoms with E-state index < -0.39 is 28.9 Å². The van der Waals surface area contributed by atoms with Crippen molar-refractivity contribution in [3.8, 4) is 11.8 Å². The third-order valence-electron chi connectivity index (χ3n) is 5.11. The molecule has 168 valence electrons. The maximum atomic E-state index is 14.4. The van der Waals surface area contributed by atoms with Crippen LogP contribution in [0.15, 0.2) is 65.8 Å². The highest BCUT2D eigenvalue weighted by atomic mass is 79.9. The van der Waals surface area contributed by atoms with Crippen LogP contribution in [0, 0.1) is 17.1 Å². The first-order valence-electron chi connectivity index (χ1n) is 9.43. The van der Waals surface area contributed by atoms with Crippen LogP contribution in [-0.4, -0.2) is 30.8 Å². The summed E-state index contributed by atoms with van der Waals surface area (Å²) >= 11 is 3.00. The monoisotopic (exact) mass is 519 g/mol. The number of aromatic nitrogens is 4. The fraction of sp³-hybridized carbons (Fsp3) is 0.136. The van der Waals surface area contributed by atoms with Crippen molar-refractivity contribution in [1.82, 2.24) is 19.6 Å². The number of benzene rings is 2. The van der Waals surface area contributed by atoms with E-state index in [-0.39, 0.29) is 16.7 Å². The van der Waals surface area contributed by atoms with Crippen molar-refractivity contribution < 1.29 is 22.7 Å². The smallest absolute Gasteiger partial charge is 0.371 e. The maximum absolute atomic E-state index is 14.4. The molecule has 0 saturated carbocycles. The van der Waals surface area contributed by atoms with Crippen LogP contribution in [0.5, 0.6) is 0 Å². The summed E-state index contributed by atoms with van der Waals surface area (Å²) in [7, 11) is 0. The zero-order chi connectivity index (χ0) is 24.0. The third kappa shape index (κ3) is 3.61. The number of aliphatic hydroxyl groups is 1. The Kier molecular flexibility index (Phi) is 5.59. The van der Waals surface area contributed by atoms with Crippen molar-refractivity contribution in [2.24, 2.45) is 0 Å². The van der Waals surface area contributed by atoms with Crippen molar-refractivity contribution >= 4 is 26.8 Å². The Morgan fingerprint density at radius 2 is 1.88 bits per heavy atom. The van der Waals surface area contributed by atoms with Crippen LogP contribution in [0.2, 0.25) is 0 Å². The number of hydrogen-bond acceptors (Lipinski definition) is 4. The van der Waals surface area contributed by atoms with Crippen LogP contribution in [0.1, 0.15) is 17.0 Å². The molecule has 4 rings (SSSR count). The minimum Gasteiger partial charge on any atom is -0.371 e. The van der Waals surface area contributed by atoms with Gasteiger partial charge in [0.1, 0.15) is 11.9 Å². The molecule has 1 N–H and O–H groups in total. The highest BCUT2D eigenvalue weighted by Crippen LogP contribution is 2.47. The van der Waals surface area contributed by atoms with E-state index in [0.717, 1.165) is 10.7 Å². The van der Waals surface area contributed by atoms with Crippen molar-refractivity contribution in [1.29, 1.82) is 5.26 Å². The lowest BCUT2D eigenvalue weighted by Gasteiger charge is -2.32. The Bertz CT molecular complexity index is 1400. The summed E-state index contributed by atoms with van der Waals surface area (Å²) in [5.74, 6) is -0.439. The molecule has 0 aliphatic heterocycles. The van der Waals surface area contributed by atoms with E-state index in [1.54, 1.807) is 6.07 Å². The first-order chi connectivity index (χ1) is 15.6. The lowest BCUT2D eigenvalue weighted by molar-refractivity contribution is -0.251. The van der Waals surface area contributed by atoms with Gasteiger partial charge in [-0.3, -0.25) is 4.68 Å². The van der Waals surface area contributed by atoms with Crippen LogP contribution in [0.4, 0.5) is 17.6 Å². The number of hydrogen-bond donors (Lipinski definition) is 1. The molecule has 1 atom stereocenters. The van der Waals surface area contributed by atoms with E-state index >= 15 is 0 Å². The average Bonchev–Trinajstić information content (AvgIpc) is 3.33. The Morgan fingerprint density at radius 3 is 2.48 bits per heavy atom. The third-order valence-corrected chi connectivity index (χ3v) is 5.86. The zero-order valence-electron chi connectivity index (χ0n) is 16.7. The van der Waals surface area contributed by atoms with Crippen LogP contribution in [-0.2, 0) is 12.1 Å². The van der Waals surface area contributed by atoms with E-state index in [0.29, 0.717) is 16.6 Å². The molecule has 1 unspecified atom stereocenters.